The van der Waals surface area contributed by atoms with Gasteiger partial charge in [0, 0.05) is 26.2 Å². The van der Waals surface area contributed by atoms with E-state index in [-0.39, 0.29) is 44.7 Å². The lowest BCUT2D eigenvalue weighted by molar-refractivity contribution is -0.0952. The highest BCUT2D eigenvalue weighted by atomic mass is 31.2. The van der Waals surface area contributed by atoms with Crippen molar-refractivity contribution in [1.82, 2.24) is 29.1 Å². The van der Waals surface area contributed by atoms with Crippen LogP contribution in [-0.4, -0.2) is 114 Å². The summed E-state index contributed by atoms with van der Waals surface area (Å²) in [6.07, 6.45) is 1.65. The Morgan fingerprint density at radius 1 is 0.825 bits per heavy atom. The number of nitrogens with zero attached hydrogens (tertiary/aromatic N) is 9. The minimum absolute atomic E-state index is 0.00952. The van der Waals surface area contributed by atoms with Gasteiger partial charge in [0.1, 0.15) is 41.7 Å². The minimum Gasteiger partial charge on any atom is -0.497 e. The molecule has 63 heavy (non-hydrogen) atoms. The zero-order valence-electron chi connectivity index (χ0n) is 37.1. The van der Waals surface area contributed by atoms with E-state index in [1.54, 1.807) is 36.4 Å². The van der Waals surface area contributed by atoms with Gasteiger partial charge in [-0.05, 0) is 68.7 Å². The Morgan fingerprint density at radius 2 is 1.43 bits per heavy atom. The summed E-state index contributed by atoms with van der Waals surface area (Å²) < 4.78 is 49.9. The Hall–Kier alpha value is -5.55. The molecule has 0 N–H and O–H groups in total. The lowest BCUT2D eigenvalue weighted by atomic mass is 9.80. The van der Waals surface area contributed by atoms with E-state index in [1.165, 1.54) is 6.33 Å². The van der Waals surface area contributed by atoms with E-state index in [2.05, 4.69) is 59.5 Å². The van der Waals surface area contributed by atoms with E-state index in [1.807, 2.05) is 93.0 Å². The number of rotatable bonds is 22. The summed E-state index contributed by atoms with van der Waals surface area (Å²) in [6.45, 7) is 8.53. The average Bonchev–Trinajstić information content (AvgIpc) is 3.87. The summed E-state index contributed by atoms with van der Waals surface area (Å²) in [5.41, 5.74) is 2.28. The van der Waals surface area contributed by atoms with E-state index in [4.69, 9.17) is 37.7 Å². The molecule has 5 aromatic rings. The van der Waals surface area contributed by atoms with Gasteiger partial charge in [-0.15, -0.1) is 0 Å². The number of hydrogen-bond acceptors (Lipinski definition) is 14. The fraction of sp³-hybridized carbons (Fsp3) is 0.435. The molecule has 17 heteroatoms. The SMILES string of the molecule is COc1ccc(C(OC[C@H]2O[C@@H](n3cnc4c(/N=C/N(C)C)ncnc43)[C@H](OCCC#N)[C@@H]2OP(OCCC#N)N(C(C)C)C(C)C)(c2ccccc2)c2ccc(OC)cc2)cc1. The monoisotopic (exact) mass is 877 g/mol. The second kappa shape index (κ2) is 22.2. The predicted octanol–water partition coefficient (Wildman–Crippen LogP) is 7.93. The van der Waals surface area contributed by atoms with Crippen molar-refractivity contribution in [3.63, 3.8) is 0 Å². The molecule has 1 unspecified atom stereocenters. The first-order chi connectivity index (χ1) is 30.6. The summed E-state index contributed by atoms with van der Waals surface area (Å²) in [5.74, 6) is 1.77. The van der Waals surface area contributed by atoms with Crippen LogP contribution in [0.1, 0.15) is 63.5 Å². The number of methoxy groups -OCH3 is 2. The quantitative estimate of drug-likeness (QED) is 0.0215. The van der Waals surface area contributed by atoms with E-state index >= 15 is 0 Å². The third-order valence-electron chi connectivity index (χ3n) is 10.3. The fourth-order valence-corrected chi connectivity index (χ4v) is 9.35. The highest BCUT2D eigenvalue weighted by Gasteiger charge is 2.51. The Bertz CT molecular complexity index is 2260. The summed E-state index contributed by atoms with van der Waals surface area (Å²) in [7, 11) is 5.20. The van der Waals surface area contributed by atoms with Gasteiger partial charge in [0.25, 0.3) is 8.53 Å². The zero-order chi connectivity index (χ0) is 44.9. The van der Waals surface area contributed by atoms with Crippen LogP contribution in [0.2, 0.25) is 0 Å². The Labute approximate surface area is 370 Å². The van der Waals surface area contributed by atoms with Gasteiger partial charge in [-0.3, -0.25) is 4.57 Å². The fourth-order valence-electron chi connectivity index (χ4n) is 7.58. The first kappa shape index (κ1) is 46.9. The smallest absolute Gasteiger partial charge is 0.259 e. The van der Waals surface area contributed by atoms with Crippen molar-refractivity contribution in [2.24, 2.45) is 4.99 Å². The van der Waals surface area contributed by atoms with Crippen molar-refractivity contribution >= 4 is 31.8 Å². The minimum atomic E-state index is -1.81. The van der Waals surface area contributed by atoms with Crippen LogP contribution < -0.4 is 9.47 Å². The van der Waals surface area contributed by atoms with Gasteiger partial charge >= 0.3 is 0 Å². The Balaban J connectivity index is 1.52. The Kier molecular flexibility index (Phi) is 16.5. The molecule has 1 saturated heterocycles. The van der Waals surface area contributed by atoms with Gasteiger partial charge < -0.3 is 37.6 Å². The van der Waals surface area contributed by atoms with Crippen LogP contribution >= 0.6 is 8.53 Å². The summed E-state index contributed by atoms with van der Waals surface area (Å²) in [6, 6.07) is 30.0. The number of fused-ring (bicyclic) bond motifs is 1. The number of nitriles is 2. The van der Waals surface area contributed by atoms with Gasteiger partial charge in [-0.2, -0.15) is 10.5 Å². The van der Waals surface area contributed by atoms with Crippen molar-refractivity contribution in [3.05, 3.63) is 108 Å². The van der Waals surface area contributed by atoms with Crippen molar-refractivity contribution in [1.29, 1.82) is 10.5 Å². The van der Waals surface area contributed by atoms with E-state index in [9.17, 15) is 10.5 Å². The van der Waals surface area contributed by atoms with E-state index in [0.717, 1.165) is 16.7 Å². The van der Waals surface area contributed by atoms with Gasteiger partial charge in [0.2, 0.25) is 0 Å². The molecule has 2 aromatic heterocycles. The maximum absolute atomic E-state index is 9.67. The van der Waals surface area contributed by atoms with E-state index < -0.39 is 38.7 Å². The normalized spacial score (nSPS) is 18.3. The number of imidazole rings is 1. The molecule has 0 bridgehead atoms. The second-order valence-corrected chi connectivity index (χ2v) is 16.9. The molecule has 0 aliphatic carbocycles. The number of hydrogen-bond donors (Lipinski definition) is 0. The summed E-state index contributed by atoms with van der Waals surface area (Å²) >= 11 is 0. The average molecular weight is 878 g/mol. The number of aromatic nitrogens is 4. The first-order valence-electron chi connectivity index (χ1n) is 20.8. The number of ether oxygens (including phenoxy) is 5. The van der Waals surface area contributed by atoms with Crippen LogP contribution in [0, 0.1) is 22.7 Å². The predicted molar refractivity (Wildman–Crippen MR) is 239 cm³/mol. The third-order valence-corrected chi connectivity index (χ3v) is 12.5. The zero-order valence-corrected chi connectivity index (χ0v) is 38.0. The molecule has 1 fully saturated rings. The molecule has 3 aromatic carbocycles. The van der Waals surface area contributed by atoms with Crippen molar-refractivity contribution in [2.45, 2.75) is 82.8 Å². The van der Waals surface area contributed by atoms with Crippen molar-refractivity contribution < 1.29 is 32.7 Å². The summed E-state index contributed by atoms with van der Waals surface area (Å²) in [4.78, 5) is 20.1. The van der Waals surface area contributed by atoms with Gasteiger partial charge in [0.05, 0.1) is 71.7 Å². The summed E-state index contributed by atoms with van der Waals surface area (Å²) in [5, 5.41) is 19.2. The standard InChI is InChI=1S/C46H56N9O7P/c1-32(2)55(33(3)4)63(60-27-13-25-48)62-41-39(61-45(42(41)58-26-12-24-47)54-31-51-40-43(52-30-53(5)6)49-29-50-44(40)54)28-59-46(34-14-10-9-11-15-34,35-16-20-37(56-7)21-17-35)36-18-22-38(57-8)23-19-36/h9-11,14-23,29-33,39,41-42,45H,12-13,26-28H2,1-8H3/b52-30+/t39-,41-,42-,45-,63?/m1/s1. The molecule has 0 spiro atoms. The second-order valence-electron chi connectivity index (χ2n) is 15.5. The molecular formula is C46H56N9O7P. The van der Waals surface area contributed by atoms with Crippen LogP contribution in [0.3, 0.4) is 0 Å². The molecule has 5 atom stereocenters. The van der Waals surface area contributed by atoms with Crippen LogP contribution in [0.15, 0.2) is 96.5 Å². The molecule has 6 rings (SSSR count). The van der Waals surface area contributed by atoms with Crippen LogP contribution in [0.5, 0.6) is 11.5 Å². The van der Waals surface area contributed by atoms with Crippen LogP contribution in [-0.2, 0) is 28.9 Å². The topological polar surface area (TPSA) is 175 Å². The lowest BCUT2D eigenvalue weighted by Crippen LogP contribution is -2.43. The molecule has 332 valence electrons. The molecule has 0 saturated carbocycles. The molecule has 3 heterocycles. The van der Waals surface area contributed by atoms with Crippen molar-refractivity contribution in [3.8, 4) is 23.6 Å². The molecule has 0 radical (unpaired) electrons. The van der Waals surface area contributed by atoms with Gasteiger partial charge in [-0.25, -0.2) is 24.6 Å². The number of benzene rings is 3. The highest BCUT2D eigenvalue weighted by Crippen LogP contribution is 2.51. The molecule has 1 aliphatic rings. The molecule has 0 amide bonds. The van der Waals surface area contributed by atoms with Crippen LogP contribution in [0.25, 0.3) is 11.2 Å². The molecular weight excluding hydrogens is 822 g/mol. The van der Waals surface area contributed by atoms with Gasteiger partial charge in [-0.1, -0.05) is 54.6 Å². The third kappa shape index (κ3) is 10.8. The maximum Gasteiger partial charge on any atom is 0.259 e. The largest absolute Gasteiger partial charge is 0.497 e. The van der Waals surface area contributed by atoms with E-state index in [0.29, 0.717) is 28.5 Å². The maximum atomic E-state index is 9.67. The lowest BCUT2D eigenvalue weighted by Gasteiger charge is -2.39. The van der Waals surface area contributed by atoms with Crippen LogP contribution in [0.4, 0.5) is 5.82 Å². The molecule has 16 nitrogen and oxygen atoms in total. The van der Waals surface area contributed by atoms with Crippen molar-refractivity contribution in [2.75, 3.05) is 48.1 Å². The Morgan fingerprint density at radius 3 is 2.00 bits per heavy atom. The molecule has 1 aliphatic heterocycles. The first-order valence-corrected chi connectivity index (χ1v) is 21.9. The van der Waals surface area contributed by atoms with Gasteiger partial charge in [0.15, 0.2) is 23.2 Å². The highest BCUT2D eigenvalue weighted by molar-refractivity contribution is 7.44. The number of aliphatic imine (C=N–C) groups is 1.